The first-order valence-electron chi connectivity index (χ1n) is 7.51. The van der Waals surface area contributed by atoms with Gasteiger partial charge in [0.15, 0.2) is 11.6 Å². The zero-order valence-corrected chi connectivity index (χ0v) is 13.3. The van der Waals surface area contributed by atoms with E-state index in [9.17, 15) is 4.39 Å². The molecule has 118 valence electrons. The molecule has 0 saturated heterocycles. The molecule has 23 heavy (non-hydrogen) atoms. The van der Waals surface area contributed by atoms with Crippen LogP contribution in [0.1, 0.15) is 11.1 Å². The summed E-state index contributed by atoms with van der Waals surface area (Å²) in [4.78, 5) is 6.62. The normalized spacial score (nSPS) is 11.1. The van der Waals surface area contributed by atoms with E-state index in [1.165, 1.54) is 18.7 Å². The highest BCUT2D eigenvalue weighted by atomic mass is 19.1. The SMILES string of the molecule is COc1ccc(CN(C)Cc2cccc3cccnc23)cc1F. The van der Waals surface area contributed by atoms with Gasteiger partial charge in [-0.25, -0.2) is 4.39 Å². The van der Waals surface area contributed by atoms with Gasteiger partial charge in [0, 0.05) is 24.7 Å². The highest BCUT2D eigenvalue weighted by Crippen LogP contribution is 2.20. The molecule has 0 amide bonds. The highest BCUT2D eigenvalue weighted by Gasteiger charge is 2.08. The Hall–Kier alpha value is -2.46. The lowest BCUT2D eigenvalue weighted by atomic mass is 10.1. The van der Waals surface area contributed by atoms with Crippen molar-refractivity contribution in [1.82, 2.24) is 9.88 Å². The van der Waals surface area contributed by atoms with E-state index in [-0.39, 0.29) is 11.6 Å². The van der Waals surface area contributed by atoms with Crippen molar-refractivity contribution in [1.29, 1.82) is 0 Å². The fourth-order valence-electron chi connectivity index (χ4n) is 2.76. The number of aromatic nitrogens is 1. The zero-order chi connectivity index (χ0) is 16.2. The van der Waals surface area contributed by atoms with Crippen molar-refractivity contribution in [2.24, 2.45) is 0 Å². The van der Waals surface area contributed by atoms with Gasteiger partial charge in [-0.1, -0.05) is 30.3 Å². The van der Waals surface area contributed by atoms with Crippen LogP contribution in [0.3, 0.4) is 0 Å². The van der Waals surface area contributed by atoms with Gasteiger partial charge in [-0.15, -0.1) is 0 Å². The van der Waals surface area contributed by atoms with Gasteiger partial charge < -0.3 is 4.74 Å². The van der Waals surface area contributed by atoms with Gasteiger partial charge in [-0.2, -0.15) is 0 Å². The molecule has 0 unspecified atom stereocenters. The minimum absolute atomic E-state index is 0.273. The van der Waals surface area contributed by atoms with Crippen LogP contribution in [0, 0.1) is 5.82 Å². The molecule has 0 aliphatic rings. The summed E-state index contributed by atoms with van der Waals surface area (Å²) < 4.78 is 18.7. The molecule has 0 aliphatic heterocycles. The molecule has 0 radical (unpaired) electrons. The number of methoxy groups -OCH3 is 1. The maximum atomic E-state index is 13.8. The van der Waals surface area contributed by atoms with Gasteiger partial charge in [0.2, 0.25) is 0 Å². The summed E-state index contributed by atoms with van der Waals surface area (Å²) in [6.07, 6.45) is 1.81. The van der Waals surface area contributed by atoms with Gasteiger partial charge in [0.1, 0.15) is 0 Å². The molecule has 2 aromatic carbocycles. The van der Waals surface area contributed by atoms with E-state index in [4.69, 9.17) is 4.74 Å². The first-order chi connectivity index (χ1) is 11.2. The largest absolute Gasteiger partial charge is 0.494 e. The maximum absolute atomic E-state index is 13.8. The molecule has 3 aromatic rings. The second-order valence-electron chi connectivity index (χ2n) is 5.63. The van der Waals surface area contributed by atoms with E-state index >= 15 is 0 Å². The molecule has 0 fully saturated rings. The fourth-order valence-corrected chi connectivity index (χ4v) is 2.76. The highest BCUT2D eigenvalue weighted by molar-refractivity contribution is 5.81. The average Bonchev–Trinajstić information content (AvgIpc) is 2.55. The van der Waals surface area contributed by atoms with Gasteiger partial charge in [-0.05, 0) is 36.4 Å². The van der Waals surface area contributed by atoms with Crippen molar-refractivity contribution >= 4 is 10.9 Å². The summed E-state index contributed by atoms with van der Waals surface area (Å²) in [5, 5.41) is 1.13. The summed E-state index contributed by atoms with van der Waals surface area (Å²) >= 11 is 0. The van der Waals surface area contributed by atoms with E-state index in [1.807, 2.05) is 31.4 Å². The number of ether oxygens (including phenoxy) is 1. The van der Waals surface area contributed by atoms with Crippen molar-refractivity contribution < 1.29 is 9.13 Å². The maximum Gasteiger partial charge on any atom is 0.165 e. The first-order valence-corrected chi connectivity index (χ1v) is 7.51. The number of benzene rings is 2. The summed E-state index contributed by atoms with van der Waals surface area (Å²) in [5.41, 5.74) is 3.10. The quantitative estimate of drug-likeness (QED) is 0.712. The van der Waals surface area contributed by atoms with Crippen LogP contribution in [0.25, 0.3) is 10.9 Å². The second-order valence-corrected chi connectivity index (χ2v) is 5.63. The Morgan fingerprint density at radius 2 is 1.91 bits per heavy atom. The number of para-hydroxylation sites is 1. The number of rotatable bonds is 5. The van der Waals surface area contributed by atoms with E-state index in [0.717, 1.165) is 23.0 Å². The molecule has 0 aliphatic carbocycles. The minimum atomic E-state index is -0.328. The summed E-state index contributed by atoms with van der Waals surface area (Å²) in [6.45, 7) is 1.41. The molecular formula is C19H19FN2O. The third-order valence-electron chi connectivity index (χ3n) is 3.83. The van der Waals surface area contributed by atoms with Crippen molar-refractivity contribution in [2.75, 3.05) is 14.2 Å². The van der Waals surface area contributed by atoms with Gasteiger partial charge in [0.05, 0.1) is 12.6 Å². The van der Waals surface area contributed by atoms with Crippen molar-refractivity contribution in [3.63, 3.8) is 0 Å². The van der Waals surface area contributed by atoms with Gasteiger partial charge in [0.25, 0.3) is 0 Å². The van der Waals surface area contributed by atoms with Crippen molar-refractivity contribution in [3.05, 3.63) is 71.7 Å². The minimum Gasteiger partial charge on any atom is -0.494 e. The Bertz CT molecular complexity index is 814. The van der Waals surface area contributed by atoms with Gasteiger partial charge >= 0.3 is 0 Å². The van der Waals surface area contributed by atoms with Crippen LogP contribution in [0.4, 0.5) is 4.39 Å². The molecule has 0 N–H and O–H groups in total. The van der Waals surface area contributed by atoms with Crippen molar-refractivity contribution in [2.45, 2.75) is 13.1 Å². The zero-order valence-electron chi connectivity index (χ0n) is 13.3. The Morgan fingerprint density at radius 3 is 2.70 bits per heavy atom. The lowest BCUT2D eigenvalue weighted by Gasteiger charge is -2.18. The lowest BCUT2D eigenvalue weighted by Crippen LogP contribution is -2.17. The summed E-state index contributed by atoms with van der Waals surface area (Å²) in [6, 6.07) is 15.3. The van der Waals surface area contributed by atoms with Crippen LogP contribution in [0.2, 0.25) is 0 Å². The molecule has 1 aromatic heterocycles. The van der Waals surface area contributed by atoms with Crippen LogP contribution in [0.5, 0.6) is 5.75 Å². The van der Waals surface area contributed by atoms with Crippen LogP contribution >= 0.6 is 0 Å². The first kappa shape index (κ1) is 15.4. The predicted molar refractivity (Wildman–Crippen MR) is 89.9 cm³/mol. The Balaban J connectivity index is 1.76. The topological polar surface area (TPSA) is 25.4 Å². The number of hydrogen-bond acceptors (Lipinski definition) is 3. The fraction of sp³-hybridized carbons (Fsp3) is 0.211. The lowest BCUT2D eigenvalue weighted by molar-refractivity contribution is 0.318. The molecule has 3 rings (SSSR count). The van der Waals surface area contributed by atoms with Crippen LogP contribution < -0.4 is 4.74 Å². The Morgan fingerprint density at radius 1 is 1.09 bits per heavy atom. The molecule has 0 atom stereocenters. The molecule has 0 bridgehead atoms. The summed E-state index contributed by atoms with van der Waals surface area (Å²) in [7, 11) is 3.49. The number of nitrogens with zero attached hydrogens (tertiary/aromatic N) is 2. The average molecular weight is 310 g/mol. The van der Waals surface area contributed by atoms with Crippen LogP contribution in [-0.4, -0.2) is 24.0 Å². The second kappa shape index (κ2) is 6.75. The third-order valence-corrected chi connectivity index (χ3v) is 3.83. The molecule has 0 spiro atoms. The standard InChI is InChI=1S/C19H19FN2O/c1-22(12-14-8-9-18(23-2)17(20)11-14)13-16-6-3-5-15-7-4-10-21-19(15)16/h3-11H,12-13H2,1-2H3. The molecule has 1 heterocycles. The molecule has 4 heteroatoms. The van der Waals surface area contributed by atoms with Gasteiger partial charge in [-0.3, -0.25) is 9.88 Å². The number of hydrogen-bond donors (Lipinski definition) is 0. The van der Waals surface area contributed by atoms with E-state index in [2.05, 4.69) is 28.1 Å². The van der Waals surface area contributed by atoms with Crippen LogP contribution in [-0.2, 0) is 13.1 Å². The predicted octanol–water partition coefficient (Wildman–Crippen LogP) is 4.01. The van der Waals surface area contributed by atoms with E-state index in [0.29, 0.717) is 6.54 Å². The monoisotopic (exact) mass is 310 g/mol. The van der Waals surface area contributed by atoms with E-state index in [1.54, 1.807) is 6.07 Å². The number of pyridine rings is 1. The Labute approximate surface area is 135 Å². The Kier molecular flexibility index (Phi) is 4.53. The summed E-state index contributed by atoms with van der Waals surface area (Å²) in [5.74, 6) is -0.0557. The van der Waals surface area contributed by atoms with Crippen LogP contribution in [0.15, 0.2) is 54.7 Å². The number of fused-ring (bicyclic) bond motifs is 1. The molecule has 3 nitrogen and oxygen atoms in total. The third kappa shape index (κ3) is 3.48. The number of halogens is 1. The molecular weight excluding hydrogens is 291 g/mol. The smallest absolute Gasteiger partial charge is 0.165 e. The van der Waals surface area contributed by atoms with Crippen molar-refractivity contribution in [3.8, 4) is 5.75 Å². The van der Waals surface area contributed by atoms with E-state index < -0.39 is 0 Å². The molecule has 0 saturated carbocycles.